The molecule has 2 aliphatic heterocycles. The van der Waals surface area contributed by atoms with Crippen LogP contribution < -0.4 is 31.4 Å². The standard InChI is InChI=1S/C23H28FN7O3/c1-33-20-11-27-18-7-6-17(24)16(21(18)31-20)10-26-14-4-2-13(3-5-14)25-8-15-9-28-23-22(29-15)30-19(32)12-34-23/h6-7,9,13-14,20,25-26H,2-5,8,10-12H2,1H3,(H,29,30,32). The molecule has 0 bridgehead atoms. The minimum absolute atomic E-state index is 0.0340. The molecule has 3 heterocycles. The lowest BCUT2D eigenvalue weighted by Gasteiger charge is -2.30. The summed E-state index contributed by atoms with van der Waals surface area (Å²) >= 11 is 0. The van der Waals surface area contributed by atoms with Crippen molar-refractivity contribution in [2.24, 2.45) is 9.98 Å². The molecule has 0 radical (unpaired) electrons. The molecule has 0 saturated heterocycles. The predicted molar refractivity (Wildman–Crippen MR) is 120 cm³/mol. The van der Waals surface area contributed by atoms with E-state index in [4.69, 9.17) is 9.47 Å². The van der Waals surface area contributed by atoms with Crippen molar-refractivity contribution in [1.29, 1.82) is 0 Å². The first kappa shape index (κ1) is 22.8. The second-order valence-electron chi connectivity index (χ2n) is 8.72. The minimum atomic E-state index is -0.363. The third-order valence-electron chi connectivity index (χ3n) is 6.42. The predicted octanol–water partition coefficient (Wildman–Crippen LogP) is 0.363. The van der Waals surface area contributed by atoms with Gasteiger partial charge in [-0.15, -0.1) is 0 Å². The fraction of sp³-hybridized carbons (Fsp3) is 0.522. The fourth-order valence-corrected chi connectivity index (χ4v) is 4.51. The Bertz CT molecular complexity index is 1180. The number of aromatic nitrogens is 2. The number of benzene rings is 1. The van der Waals surface area contributed by atoms with Crippen molar-refractivity contribution in [3.63, 3.8) is 0 Å². The number of halogens is 1. The van der Waals surface area contributed by atoms with Crippen molar-refractivity contribution in [2.45, 2.75) is 57.1 Å². The Hall–Kier alpha value is -3.02. The lowest BCUT2D eigenvalue weighted by molar-refractivity contribution is -0.118. The number of hydrogen-bond acceptors (Lipinski definition) is 9. The number of carbonyl (C=O) groups is 1. The summed E-state index contributed by atoms with van der Waals surface area (Å²) in [6, 6.07) is 3.81. The monoisotopic (exact) mass is 469 g/mol. The molecule has 3 aliphatic rings. The van der Waals surface area contributed by atoms with E-state index in [9.17, 15) is 9.18 Å². The number of fused-ring (bicyclic) bond motifs is 2. The van der Waals surface area contributed by atoms with Gasteiger partial charge in [0.1, 0.15) is 5.82 Å². The maximum atomic E-state index is 14.6. The van der Waals surface area contributed by atoms with Gasteiger partial charge in [-0.1, -0.05) is 0 Å². The van der Waals surface area contributed by atoms with Gasteiger partial charge in [-0.05, 0) is 37.8 Å². The fourth-order valence-electron chi connectivity index (χ4n) is 4.51. The van der Waals surface area contributed by atoms with Gasteiger partial charge in [0, 0.05) is 37.8 Å². The number of anilines is 1. The molecule has 1 saturated carbocycles. The third kappa shape index (κ3) is 5.06. The summed E-state index contributed by atoms with van der Waals surface area (Å²) in [4.78, 5) is 29.1. The van der Waals surface area contributed by atoms with E-state index in [1.807, 2.05) is 0 Å². The average molecular weight is 470 g/mol. The summed E-state index contributed by atoms with van der Waals surface area (Å²) in [5, 5.41) is 11.0. The molecule has 3 N–H and O–H groups in total. The van der Waals surface area contributed by atoms with Gasteiger partial charge in [-0.3, -0.25) is 9.79 Å². The summed E-state index contributed by atoms with van der Waals surface area (Å²) < 4.78 is 25.1. The molecule has 1 aliphatic carbocycles. The molecule has 1 aromatic carbocycles. The summed E-state index contributed by atoms with van der Waals surface area (Å²) in [6.45, 7) is 1.39. The van der Waals surface area contributed by atoms with E-state index in [-0.39, 0.29) is 24.6 Å². The summed E-state index contributed by atoms with van der Waals surface area (Å²) in [6.07, 6.45) is 5.26. The highest BCUT2D eigenvalue weighted by atomic mass is 19.1. The van der Waals surface area contributed by atoms with Crippen molar-refractivity contribution in [3.8, 4) is 5.88 Å². The third-order valence-corrected chi connectivity index (χ3v) is 6.42. The molecular formula is C23H28FN7O3. The summed E-state index contributed by atoms with van der Waals surface area (Å²) in [5.74, 6) is 0.223. The van der Waals surface area contributed by atoms with Gasteiger partial charge < -0.3 is 25.4 Å². The van der Waals surface area contributed by atoms with Crippen LogP contribution in [0.2, 0.25) is 0 Å². The van der Waals surface area contributed by atoms with Crippen LogP contribution in [0.4, 0.5) is 10.2 Å². The molecule has 5 rings (SSSR count). The Kier molecular flexibility index (Phi) is 6.75. The average Bonchev–Trinajstić information content (AvgIpc) is 2.87. The summed E-state index contributed by atoms with van der Waals surface area (Å²) in [5.41, 5.74) is 1.29. The highest BCUT2D eigenvalue weighted by Gasteiger charge is 2.23. The number of methoxy groups -OCH3 is 1. The van der Waals surface area contributed by atoms with Gasteiger partial charge in [0.05, 0.1) is 29.1 Å². The maximum Gasteiger partial charge on any atom is 0.263 e. The molecule has 180 valence electrons. The number of nitrogens with one attached hydrogen (secondary N) is 3. The summed E-state index contributed by atoms with van der Waals surface area (Å²) in [7, 11) is 1.59. The Morgan fingerprint density at radius 3 is 2.71 bits per heavy atom. The van der Waals surface area contributed by atoms with Crippen LogP contribution in [-0.4, -0.2) is 54.4 Å². The first-order valence-electron chi connectivity index (χ1n) is 11.6. The van der Waals surface area contributed by atoms with E-state index >= 15 is 0 Å². The molecule has 1 amide bonds. The smallest absolute Gasteiger partial charge is 0.263 e. The molecule has 1 unspecified atom stereocenters. The number of carbonyl (C=O) groups excluding carboxylic acids is 1. The zero-order valence-electron chi connectivity index (χ0n) is 19.0. The Labute approximate surface area is 196 Å². The van der Waals surface area contributed by atoms with E-state index in [1.165, 1.54) is 6.07 Å². The maximum absolute atomic E-state index is 14.6. The molecule has 10 nitrogen and oxygen atoms in total. The lowest BCUT2D eigenvalue weighted by atomic mass is 9.91. The minimum Gasteiger partial charge on any atom is -0.465 e. The van der Waals surface area contributed by atoms with E-state index in [1.54, 1.807) is 19.4 Å². The second-order valence-corrected chi connectivity index (χ2v) is 8.72. The normalized spacial score (nSPS) is 23.6. The van der Waals surface area contributed by atoms with E-state index < -0.39 is 0 Å². The van der Waals surface area contributed by atoms with Gasteiger partial charge >= 0.3 is 0 Å². The van der Waals surface area contributed by atoms with Crippen LogP contribution in [0.1, 0.15) is 36.9 Å². The molecule has 11 heteroatoms. The number of amides is 1. The van der Waals surface area contributed by atoms with Gasteiger partial charge in [0.2, 0.25) is 0 Å². The molecule has 34 heavy (non-hydrogen) atoms. The molecule has 0 spiro atoms. The number of ether oxygens (including phenoxy) is 2. The molecule has 1 atom stereocenters. The SMILES string of the molecule is COC1CN=c2ccc(F)c(CNC3CCC(NCc4cnc5c(n4)NC(=O)CO5)CC3)c2=N1. The van der Waals surface area contributed by atoms with Gasteiger partial charge in [-0.25, -0.2) is 19.4 Å². The van der Waals surface area contributed by atoms with E-state index in [0.717, 1.165) is 36.7 Å². The number of nitrogens with zero attached hydrogens (tertiary/aromatic N) is 4. The van der Waals surface area contributed by atoms with E-state index in [0.29, 0.717) is 54.3 Å². The van der Waals surface area contributed by atoms with Crippen LogP contribution in [0.3, 0.4) is 0 Å². The van der Waals surface area contributed by atoms with Crippen molar-refractivity contribution in [2.75, 3.05) is 25.6 Å². The molecule has 2 aromatic rings. The Morgan fingerprint density at radius 2 is 1.94 bits per heavy atom. The Balaban J connectivity index is 1.13. The highest BCUT2D eigenvalue weighted by molar-refractivity contribution is 5.93. The van der Waals surface area contributed by atoms with Gasteiger partial charge in [0.25, 0.3) is 11.8 Å². The first-order valence-corrected chi connectivity index (χ1v) is 11.6. The van der Waals surface area contributed by atoms with Crippen molar-refractivity contribution >= 4 is 11.7 Å². The van der Waals surface area contributed by atoms with Crippen LogP contribution in [0.25, 0.3) is 0 Å². The van der Waals surface area contributed by atoms with Crippen molar-refractivity contribution < 1.29 is 18.7 Å². The van der Waals surface area contributed by atoms with Crippen molar-refractivity contribution in [3.05, 3.63) is 46.1 Å². The Morgan fingerprint density at radius 1 is 1.18 bits per heavy atom. The molecule has 1 fully saturated rings. The largest absolute Gasteiger partial charge is 0.465 e. The van der Waals surface area contributed by atoms with Gasteiger partial charge in [-0.2, -0.15) is 0 Å². The van der Waals surface area contributed by atoms with Crippen LogP contribution in [-0.2, 0) is 22.6 Å². The zero-order chi connectivity index (χ0) is 23.5. The first-order chi connectivity index (χ1) is 16.6. The van der Waals surface area contributed by atoms with Crippen LogP contribution >= 0.6 is 0 Å². The molecular weight excluding hydrogens is 441 g/mol. The van der Waals surface area contributed by atoms with Crippen LogP contribution in [0.5, 0.6) is 5.88 Å². The zero-order valence-corrected chi connectivity index (χ0v) is 19.0. The lowest BCUT2D eigenvalue weighted by Crippen LogP contribution is -2.42. The molecule has 1 aromatic heterocycles. The van der Waals surface area contributed by atoms with Gasteiger partial charge in [0.15, 0.2) is 18.7 Å². The van der Waals surface area contributed by atoms with Crippen LogP contribution in [0, 0.1) is 5.82 Å². The second kappa shape index (κ2) is 10.1. The topological polar surface area (TPSA) is 122 Å². The number of hydrogen-bond donors (Lipinski definition) is 3. The van der Waals surface area contributed by atoms with Crippen molar-refractivity contribution in [1.82, 2.24) is 20.6 Å². The quantitative estimate of drug-likeness (QED) is 0.535. The number of rotatable bonds is 7. The van der Waals surface area contributed by atoms with E-state index in [2.05, 4.69) is 35.9 Å². The van der Waals surface area contributed by atoms with Crippen LogP contribution in [0.15, 0.2) is 28.3 Å². The highest BCUT2D eigenvalue weighted by Crippen LogP contribution is 2.23.